The lowest BCUT2D eigenvalue weighted by atomic mass is 10.1. The molecule has 1 fully saturated rings. The Bertz CT molecular complexity index is 478. The summed E-state index contributed by atoms with van der Waals surface area (Å²) in [6.07, 6.45) is 5.29. The number of pyridine rings is 1. The molecule has 1 unspecified atom stereocenters. The van der Waals surface area contributed by atoms with Gasteiger partial charge >= 0.3 is 0 Å². The second-order valence-corrected chi connectivity index (χ2v) is 5.15. The number of carbonyl (C=O) groups is 1. The maximum atomic E-state index is 14.4. The molecule has 1 aliphatic rings. The number of rotatable bonds is 5. The summed E-state index contributed by atoms with van der Waals surface area (Å²) in [5, 5.41) is 2.92. The zero-order chi connectivity index (χ0) is 14.5. The van der Waals surface area contributed by atoms with Crippen molar-refractivity contribution in [3.63, 3.8) is 0 Å². The van der Waals surface area contributed by atoms with E-state index in [0.717, 1.165) is 32.2 Å². The molecule has 0 aromatic carbocycles. The molecule has 0 aliphatic carbocycles. The first-order chi connectivity index (χ1) is 9.69. The molecule has 1 atom stereocenters. The Labute approximate surface area is 119 Å². The Morgan fingerprint density at radius 1 is 1.55 bits per heavy atom. The quantitative estimate of drug-likeness (QED) is 0.901. The Morgan fingerprint density at radius 3 is 3.05 bits per heavy atom. The molecule has 0 saturated carbocycles. The van der Waals surface area contributed by atoms with Gasteiger partial charge in [-0.05, 0) is 31.7 Å². The zero-order valence-corrected chi connectivity index (χ0v) is 12.2. The molecule has 1 aromatic rings. The van der Waals surface area contributed by atoms with Crippen LogP contribution in [-0.4, -0.2) is 34.9 Å². The number of nitrogens with zero attached hydrogens (tertiary/aromatic N) is 2. The molecular weight excluding hydrogens is 257 g/mol. The van der Waals surface area contributed by atoms with Crippen molar-refractivity contribution < 1.29 is 9.18 Å². The fraction of sp³-hybridized carbons (Fsp3) is 0.600. The third-order valence-corrected chi connectivity index (χ3v) is 3.77. The van der Waals surface area contributed by atoms with Gasteiger partial charge in [0.2, 0.25) is 0 Å². The number of aromatic nitrogens is 1. The number of anilines is 1. The fourth-order valence-corrected chi connectivity index (χ4v) is 2.66. The third-order valence-electron chi connectivity index (χ3n) is 3.77. The standard InChI is InChI=1S/C15H22FN3O/c1-3-8-17-14-13(16)12(7-9-18-14)15(20)19-10-5-6-11(19)4-2/h7,9,11H,3-6,8,10H2,1-2H3,(H,17,18). The Hall–Kier alpha value is -1.65. The normalized spacial score (nSPS) is 18.4. The molecule has 1 aromatic heterocycles. The van der Waals surface area contributed by atoms with Crippen molar-refractivity contribution in [1.29, 1.82) is 0 Å². The summed E-state index contributed by atoms with van der Waals surface area (Å²) in [7, 11) is 0. The summed E-state index contributed by atoms with van der Waals surface area (Å²) in [4.78, 5) is 18.3. The largest absolute Gasteiger partial charge is 0.368 e. The Morgan fingerprint density at radius 2 is 2.35 bits per heavy atom. The monoisotopic (exact) mass is 279 g/mol. The summed E-state index contributed by atoms with van der Waals surface area (Å²) < 4.78 is 14.4. The van der Waals surface area contributed by atoms with Crippen molar-refractivity contribution in [2.24, 2.45) is 0 Å². The molecule has 1 N–H and O–H groups in total. The summed E-state index contributed by atoms with van der Waals surface area (Å²) in [6, 6.07) is 1.71. The van der Waals surface area contributed by atoms with E-state index in [-0.39, 0.29) is 23.3 Å². The van der Waals surface area contributed by atoms with Crippen LogP contribution in [0.4, 0.5) is 10.2 Å². The highest BCUT2D eigenvalue weighted by atomic mass is 19.1. The van der Waals surface area contributed by atoms with Crippen molar-refractivity contribution in [2.45, 2.75) is 45.6 Å². The van der Waals surface area contributed by atoms with Crippen LogP contribution in [0, 0.1) is 5.82 Å². The van der Waals surface area contributed by atoms with Crippen molar-refractivity contribution in [3.8, 4) is 0 Å². The number of hydrogen-bond acceptors (Lipinski definition) is 3. The van der Waals surface area contributed by atoms with E-state index < -0.39 is 5.82 Å². The van der Waals surface area contributed by atoms with Gasteiger partial charge < -0.3 is 10.2 Å². The van der Waals surface area contributed by atoms with Crippen LogP contribution in [0.25, 0.3) is 0 Å². The van der Waals surface area contributed by atoms with Crippen molar-refractivity contribution in [1.82, 2.24) is 9.88 Å². The van der Waals surface area contributed by atoms with E-state index in [2.05, 4.69) is 17.2 Å². The van der Waals surface area contributed by atoms with Crippen LogP contribution in [0.3, 0.4) is 0 Å². The molecule has 2 rings (SSSR count). The molecule has 0 radical (unpaired) electrons. The van der Waals surface area contributed by atoms with E-state index in [1.165, 1.54) is 12.3 Å². The predicted octanol–water partition coefficient (Wildman–Crippen LogP) is 3.06. The van der Waals surface area contributed by atoms with E-state index >= 15 is 0 Å². The number of hydrogen-bond donors (Lipinski definition) is 1. The Balaban J connectivity index is 2.21. The molecule has 1 amide bonds. The fourth-order valence-electron chi connectivity index (χ4n) is 2.66. The van der Waals surface area contributed by atoms with Crippen LogP contribution in [0.5, 0.6) is 0 Å². The van der Waals surface area contributed by atoms with Gasteiger partial charge in [0, 0.05) is 25.3 Å². The van der Waals surface area contributed by atoms with Crippen molar-refractivity contribution in [2.75, 3.05) is 18.4 Å². The maximum absolute atomic E-state index is 14.4. The molecule has 20 heavy (non-hydrogen) atoms. The van der Waals surface area contributed by atoms with Gasteiger partial charge in [0.15, 0.2) is 11.6 Å². The zero-order valence-electron chi connectivity index (χ0n) is 12.2. The first-order valence-corrected chi connectivity index (χ1v) is 7.38. The highest BCUT2D eigenvalue weighted by molar-refractivity contribution is 5.95. The average Bonchev–Trinajstić information content (AvgIpc) is 2.94. The van der Waals surface area contributed by atoms with Crippen LogP contribution in [0.1, 0.15) is 49.9 Å². The molecule has 1 saturated heterocycles. The van der Waals surface area contributed by atoms with Gasteiger partial charge in [-0.2, -0.15) is 0 Å². The first-order valence-electron chi connectivity index (χ1n) is 7.38. The highest BCUT2D eigenvalue weighted by Crippen LogP contribution is 2.24. The molecule has 0 bridgehead atoms. The summed E-state index contributed by atoms with van der Waals surface area (Å²) in [6.45, 7) is 5.42. The van der Waals surface area contributed by atoms with Gasteiger partial charge in [0.25, 0.3) is 5.91 Å². The summed E-state index contributed by atoms with van der Waals surface area (Å²) in [5.74, 6) is -0.577. The van der Waals surface area contributed by atoms with Crippen LogP contribution in [0.15, 0.2) is 12.3 Å². The van der Waals surface area contributed by atoms with E-state index in [4.69, 9.17) is 0 Å². The Kier molecular flexibility index (Phi) is 4.93. The molecule has 1 aliphatic heterocycles. The smallest absolute Gasteiger partial charge is 0.257 e. The van der Waals surface area contributed by atoms with E-state index in [0.29, 0.717) is 6.54 Å². The topological polar surface area (TPSA) is 45.2 Å². The second-order valence-electron chi connectivity index (χ2n) is 5.15. The van der Waals surface area contributed by atoms with Crippen molar-refractivity contribution in [3.05, 3.63) is 23.6 Å². The van der Waals surface area contributed by atoms with Gasteiger partial charge in [-0.1, -0.05) is 13.8 Å². The number of likely N-dealkylation sites (tertiary alicyclic amines) is 1. The van der Waals surface area contributed by atoms with Gasteiger partial charge in [0.05, 0.1) is 5.56 Å². The molecule has 4 nitrogen and oxygen atoms in total. The van der Waals surface area contributed by atoms with Gasteiger partial charge in [-0.25, -0.2) is 9.37 Å². The second kappa shape index (κ2) is 6.68. The van der Waals surface area contributed by atoms with Crippen LogP contribution in [0.2, 0.25) is 0 Å². The maximum Gasteiger partial charge on any atom is 0.257 e. The molecule has 2 heterocycles. The minimum absolute atomic E-state index is 0.124. The van der Waals surface area contributed by atoms with Crippen LogP contribution in [-0.2, 0) is 0 Å². The molecule has 0 spiro atoms. The molecule has 5 heteroatoms. The van der Waals surface area contributed by atoms with E-state index in [1.54, 1.807) is 4.90 Å². The lowest BCUT2D eigenvalue weighted by molar-refractivity contribution is 0.0729. The molecular formula is C15H22FN3O. The highest BCUT2D eigenvalue weighted by Gasteiger charge is 2.30. The predicted molar refractivity (Wildman–Crippen MR) is 77.3 cm³/mol. The van der Waals surface area contributed by atoms with Crippen molar-refractivity contribution >= 4 is 11.7 Å². The average molecular weight is 279 g/mol. The lowest BCUT2D eigenvalue weighted by Crippen LogP contribution is -2.35. The van der Waals surface area contributed by atoms with Gasteiger partial charge in [0.1, 0.15) is 0 Å². The van der Waals surface area contributed by atoms with E-state index in [1.807, 2.05) is 6.92 Å². The van der Waals surface area contributed by atoms with E-state index in [9.17, 15) is 9.18 Å². The number of halogens is 1. The summed E-state index contributed by atoms with van der Waals surface area (Å²) in [5.41, 5.74) is 0.124. The third kappa shape index (κ3) is 2.92. The number of nitrogens with one attached hydrogen (secondary N) is 1. The summed E-state index contributed by atoms with van der Waals surface area (Å²) >= 11 is 0. The first kappa shape index (κ1) is 14.8. The SMILES string of the molecule is CCCNc1nccc(C(=O)N2CCCC2CC)c1F. The minimum Gasteiger partial charge on any atom is -0.368 e. The van der Waals surface area contributed by atoms with Crippen LogP contribution >= 0.6 is 0 Å². The number of amides is 1. The lowest BCUT2D eigenvalue weighted by Gasteiger charge is -2.24. The van der Waals surface area contributed by atoms with Gasteiger partial charge in [-0.15, -0.1) is 0 Å². The van der Waals surface area contributed by atoms with Crippen LogP contribution < -0.4 is 5.32 Å². The van der Waals surface area contributed by atoms with Gasteiger partial charge in [-0.3, -0.25) is 4.79 Å². The number of carbonyl (C=O) groups excluding carboxylic acids is 1. The molecule has 110 valence electrons. The minimum atomic E-state index is -0.535.